The number of hydrogen-bond donors (Lipinski definition) is 0. The molecule has 0 saturated carbocycles. The summed E-state index contributed by atoms with van der Waals surface area (Å²) in [7, 11) is 0. The van der Waals surface area contributed by atoms with Crippen LogP contribution in [0.3, 0.4) is 0 Å². The van der Waals surface area contributed by atoms with Crippen molar-refractivity contribution in [1.82, 2.24) is 14.5 Å². The second-order valence-corrected chi connectivity index (χ2v) is 12.7. The minimum Gasteiger partial charge on any atom is -0.292 e. The van der Waals surface area contributed by atoms with Crippen molar-refractivity contribution >= 4 is 11.0 Å². The molecule has 0 aliphatic heterocycles. The van der Waals surface area contributed by atoms with Crippen LogP contribution >= 0.6 is 0 Å². The van der Waals surface area contributed by atoms with Crippen molar-refractivity contribution in [3.05, 3.63) is 200 Å². The number of pyridine rings is 1. The fourth-order valence-electron chi connectivity index (χ4n) is 6.87. The molecule has 0 fully saturated rings. The molecular formula is C48H33N3. The van der Waals surface area contributed by atoms with Crippen LogP contribution in [0.25, 0.3) is 84.0 Å². The first-order valence-corrected chi connectivity index (χ1v) is 17.2. The van der Waals surface area contributed by atoms with E-state index in [0.717, 1.165) is 78.4 Å². The van der Waals surface area contributed by atoms with E-state index in [2.05, 4.69) is 199 Å². The van der Waals surface area contributed by atoms with Crippen molar-refractivity contribution in [3.8, 4) is 73.0 Å². The van der Waals surface area contributed by atoms with Crippen LogP contribution in [0.15, 0.2) is 200 Å². The highest BCUT2D eigenvalue weighted by Crippen LogP contribution is 2.39. The normalized spacial score (nSPS) is 11.1. The summed E-state index contributed by atoms with van der Waals surface area (Å²) in [6.07, 6.45) is 0. The van der Waals surface area contributed by atoms with E-state index in [-0.39, 0.29) is 0 Å². The molecule has 0 N–H and O–H groups in total. The molecule has 0 aliphatic carbocycles. The number of rotatable bonds is 7. The molecule has 2 aromatic heterocycles. The molecule has 0 atom stereocenters. The van der Waals surface area contributed by atoms with Gasteiger partial charge >= 0.3 is 0 Å². The zero-order chi connectivity index (χ0) is 34.0. The molecule has 0 bridgehead atoms. The first kappa shape index (κ1) is 30.2. The van der Waals surface area contributed by atoms with Gasteiger partial charge in [0.25, 0.3) is 0 Å². The predicted octanol–water partition coefficient (Wildman–Crippen LogP) is 12.4. The highest BCUT2D eigenvalue weighted by molar-refractivity contribution is 5.99. The number of aromatic nitrogens is 3. The number of benzene rings is 7. The molecule has 0 unspecified atom stereocenters. The van der Waals surface area contributed by atoms with Gasteiger partial charge in [0, 0.05) is 27.9 Å². The molecule has 0 amide bonds. The molecule has 51 heavy (non-hydrogen) atoms. The lowest BCUT2D eigenvalue weighted by atomic mass is 9.97. The molecule has 3 heteroatoms. The van der Waals surface area contributed by atoms with Gasteiger partial charge in [-0.3, -0.25) is 4.57 Å². The lowest BCUT2D eigenvalue weighted by Crippen LogP contribution is -1.98. The molecule has 7 aromatic carbocycles. The predicted molar refractivity (Wildman–Crippen MR) is 211 cm³/mol. The first-order chi connectivity index (χ1) is 25.3. The summed E-state index contributed by atoms with van der Waals surface area (Å²) in [4.78, 5) is 10.6. The smallest absolute Gasteiger partial charge is 0.145 e. The van der Waals surface area contributed by atoms with Crippen molar-refractivity contribution < 1.29 is 0 Å². The third-order valence-corrected chi connectivity index (χ3v) is 9.41. The Kier molecular flexibility index (Phi) is 7.84. The Labute approximate surface area is 297 Å². The van der Waals surface area contributed by atoms with Gasteiger partial charge in [-0.25, -0.2) is 9.97 Å². The highest BCUT2D eigenvalue weighted by atomic mass is 15.1. The summed E-state index contributed by atoms with van der Waals surface area (Å²) in [6.45, 7) is 0. The van der Waals surface area contributed by atoms with Crippen molar-refractivity contribution in [2.75, 3.05) is 0 Å². The Balaban J connectivity index is 1.24. The summed E-state index contributed by atoms with van der Waals surface area (Å²) in [6, 6.07) is 70.2. The van der Waals surface area contributed by atoms with Crippen LogP contribution in [0, 0.1) is 0 Å². The molecule has 0 aliphatic rings. The minimum atomic E-state index is 0.899. The Hall–Kier alpha value is -6.84. The maximum absolute atomic E-state index is 5.39. The van der Waals surface area contributed by atoms with Crippen LogP contribution in [0.4, 0.5) is 0 Å². The van der Waals surface area contributed by atoms with Gasteiger partial charge in [0.1, 0.15) is 5.82 Å². The lowest BCUT2D eigenvalue weighted by Gasteiger charge is -2.14. The average molecular weight is 652 g/mol. The van der Waals surface area contributed by atoms with Crippen LogP contribution in [-0.4, -0.2) is 14.5 Å². The summed E-state index contributed by atoms with van der Waals surface area (Å²) in [5, 5.41) is 0. The van der Waals surface area contributed by atoms with Gasteiger partial charge in [0.15, 0.2) is 0 Å². The van der Waals surface area contributed by atoms with Crippen LogP contribution in [0.5, 0.6) is 0 Å². The molecular weight excluding hydrogens is 619 g/mol. The maximum atomic E-state index is 5.39. The third kappa shape index (κ3) is 5.92. The third-order valence-electron chi connectivity index (χ3n) is 9.41. The molecule has 9 aromatic rings. The largest absolute Gasteiger partial charge is 0.292 e. The number of nitrogens with zero attached hydrogens (tertiary/aromatic N) is 3. The van der Waals surface area contributed by atoms with Gasteiger partial charge < -0.3 is 0 Å². The summed E-state index contributed by atoms with van der Waals surface area (Å²) in [5.41, 5.74) is 15.0. The number of imidazole rings is 1. The zero-order valence-electron chi connectivity index (χ0n) is 27.9. The van der Waals surface area contributed by atoms with Gasteiger partial charge in [-0.05, 0) is 64.2 Å². The first-order valence-electron chi connectivity index (χ1n) is 17.2. The molecule has 0 saturated heterocycles. The molecule has 2 heterocycles. The van der Waals surface area contributed by atoms with Gasteiger partial charge in [0.05, 0.1) is 22.4 Å². The molecule has 240 valence electrons. The zero-order valence-corrected chi connectivity index (χ0v) is 27.9. The quantitative estimate of drug-likeness (QED) is 0.172. The van der Waals surface area contributed by atoms with Crippen LogP contribution in [0.1, 0.15) is 0 Å². The average Bonchev–Trinajstić information content (AvgIpc) is 3.62. The van der Waals surface area contributed by atoms with Gasteiger partial charge in [-0.1, -0.05) is 164 Å². The lowest BCUT2D eigenvalue weighted by molar-refractivity contribution is 1.10. The van der Waals surface area contributed by atoms with E-state index in [0.29, 0.717) is 0 Å². The van der Waals surface area contributed by atoms with E-state index < -0.39 is 0 Å². The molecule has 3 nitrogen and oxygen atoms in total. The van der Waals surface area contributed by atoms with E-state index in [1.807, 2.05) is 6.07 Å². The number of hydrogen-bond acceptors (Lipinski definition) is 2. The number of fused-ring (bicyclic) bond motifs is 1. The fraction of sp³-hybridized carbons (Fsp3) is 0. The monoisotopic (exact) mass is 651 g/mol. The Morgan fingerprint density at radius 1 is 0.314 bits per heavy atom. The highest BCUT2D eigenvalue weighted by Gasteiger charge is 2.20. The fourth-order valence-corrected chi connectivity index (χ4v) is 6.87. The van der Waals surface area contributed by atoms with E-state index in [1.165, 1.54) is 5.56 Å². The van der Waals surface area contributed by atoms with E-state index in [1.54, 1.807) is 0 Å². The van der Waals surface area contributed by atoms with Crippen LogP contribution < -0.4 is 0 Å². The SMILES string of the molecule is c1ccc(-c2cc(-c3ccccc3)nc(-c3ccc(-n4c(-c5ccccc5)nc5c(-c6ccccc6)cc(-c6ccccc6)cc54)cc3)c2)cc1. The van der Waals surface area contributed by atoms with E-state index in [4.69, 9.17) is 9.97 Å². The standard InChI is InChI=1S/C48H33N3/c1-6-16-34(17-7-1)40-30-43(36-20-10-3-11-21-36)47-46(33-40)51(48(50-47)39-24-14-5-15-25-39)42-28-26-38(27-29-42)45-32-41(35-18-8-2-9-19-35)31-44(49-45)37-22-12-4-13-23-37/h1-33H. The second kappa shape index (κ2) is 13.2. The summed E-state index contributed by atoms with van der Waals surface area (Å²) in [5.74, 6) is 0.899. The van der Waals surface area contributed by atoms with Crippen molar-refractivity contribution in [1.29, 1.82) is 0 Å². The van der Waals surface area contributed by atoms with Crippen LogP contribution in [0.2, 0.25) is 0 Å². The van der Waals surface area contributed by atoms with Gasteiger partial charge in [-0.15, -0.1) is 0 Å². The molecule has 0 spiro atoms. The Morgan fingerprint density at radius 3 is 1.27 bits per heavy atom. The summed E-state index contributed by atoms with van der Waals surface area (Å²) >= 11 is 0. The summed E-state index contributed by atoms with van der Waals surface area (Å²) < 4.78 is 2.30. The topological polar surface area (TPSA) is 30.7 Å². The van der Waals surface area contributed by atoms with Crippen LogP contribution in [-0.2, 0) is 0 Å². The van der Waals surface area contributed by atoms with Gasteiger partial charge in [-0.2, -0.15) is 0 Å². The molecule has 0 radical (unpaired) electrons. The minimum absolute atomic E-state index is 0.899. The Bertz CT molecular complexity index is 2520. The van der Waals surface area contributed by atoms with Crippen molar-refractivity contribution in [2.45, 2.75) is 0 Å². The van der Waals surface area contributed by atoms with E-state index in [9.17, 15) is 0 Å². The van der Waals surface area contributed by atoms with E-state index >= 15 is 0 Å². The maximum Gasteiger partial charge on any atom is 0.145 e. The Morgan fingerprint density at radius 2 is 0.745 bits per heavy atom. The van der Waals surface area contributed by atoms with Crippen molar-refractivity contribution in [2.24, 2.45) is 0 Å². The second-order valence-electron chi connectivity index (χ2n) is 12.7. The van der Waals surface area contributed by atoms with Crippen molar-refractivity contribution in [3.63, 3.8) is 0 Å². The van der Waals surface area contributed by atoms with Gasteiger partial charge in [0.2, 0.25) is 0 Å². The molecule has 9 rings (SSSR count).